The number of ether oxygens (including phenoxy) is 1. The summed E-state index contributed by atoms with van der Waals surface area (Å²) in [5.74, 6) is 0.594. The van der Waals surface area contributed by atoms with Crippen molar-refractivity contribution in [3.05, 3.63) is 48.3 Å². The van der Waals surface area contributed by atoms with E-state index in [-0.39, 0.29) is 6.03 Å². The predicted molar refractivity (Wildman–Crippen MR) is 75.5 cm³/mol. The van der Waals surface area contributed by atoms with E-state index in [2.05, 4.69) is 20.6 Å². The maximum atomic E-state index is 11.5. The summed E-state index contributed by atoms with van der Waals surface area (Å²) >= 11 is 0. The zero-order valence-corrected chi connectivity index (χ0v) is 11.2. The van der Waals surface area contributed by atoms with Crippen LogP contribution in [0.25, 0.3) is 0 Å². The van der Waals surface area contributed by atoms with Crippen LogP contribution in [-0.4, -0.2) is 22.5 Å². The molecule has 0 spiro atoms. The Morgan fingerprint density at radius 1 is 1.20 bits per heavy atom. The molecule has 1 heterocycles. The number of urea groups is 1. The van der Waals surface area contributed by atoms with Gasteiger partial charge in [-0.1, -0.05) is 30.3 Å². The average molecular weight is 272 g/mol. The minimum Gasteiger partial charge on any atom is -0.470 e. The zero-order valence-electron chi connectivity index (χ0n) is 11.2. The van der Waals surface area contributed by atoms with Crippen molar-refractivity contribution >= 4 is 11.8 Å². The molecule has 0 saturated heterocycles. The van der Waals surface area contributed by atoms with E-state index in [9.17, 15) is 4.79 Å². The molecule has 1 aromatic heterocycles. The Bertz CT molecular complexity index is 560. The van der Waals surface area contributed by atoms with Crippen LogP contribution in [-0.2, 0) is 6.61 Å². The van der Waals surface area contributed by atoms with E-state index in [1.165, 1.54) is 12.4 Å². The van der Waals surface area contributed by atoms with Gasteiger partial charge < -0.3 is 10.1 Å². The molecule has 1 aromatic carbocycles. The third-order valence-corrected chi connectivity index (χ3v) is 2.45. The second-order valence-corrected chi connectivity index (χ2v) is 3.97. The van der Waals surface area contributed by atoms with Crippen LogP contribution in [0.2, 0.25) is 0 Å². The van der Waals surface area contributed by atoms with Crippen molar-refractivity contribution in [1.82, 2.24) is 15.3 Å². The first-order valence-electron chi connectivity index (χ1n) is 6.32. The van der Waals surface area contributed by atoms with E-state index in [0.29, 0.717) is 24.8 Å². The van der Waals surface area contributed by atoms with Gasteiger partial charge in [-0.05, 0) is 12.5 Å². The molecule has 20 heavy (non-hydrogen) atoms. The molecule has 0 saturated carbocycles. The molecular weight excluding hydrogens is 256 g/mol. The second-order valence-electron chi connectivity index (χ2n) is 3.97. The molecule has 0 aliphatic heterocycles. The van der Waals surface area contributed by atoms with Crippen LogP contribution in [0.1, 0.15) is 12.5 Å². The van der Waals surface area contributed by atoms with Crippen LogP contribution in [0.4, 0.5) is 10.6 Å². The number of carbonyl (C=O) groups excluding carboxylic acids is 1. The molecule has 0 atom stereocenters. The van der Waals surface area contributed by atoms with Gasteiger partial charge in [-0.15, -0.1) is 0 Å². The lowest BCUT2D eigenvalue weighted by Crippen LogP contribution is -2.28. The monoisotopic (exact) mass is 272 g/mol. The zero-order chi connectivity index (χ0) is 14.2. The summed E-state index contributed by atoms with van der Waals surface area (Å²) in [4.78, 5) is 19.6. The smallest absolute Gasteiger partial charge is 0.320 e. The van der Waals surface area contributed by atoms with Gasteiger partial charge in [-0.25, -0.2) is 14.8 Å². The average Bonchev–Trinajstić information content (AvgIpc) is 2.48. The fourth-order valence-corrected chi connectivity index (χ4v) is 1.55. The lowest BCUT2D eigenvalue weighted by Gasteiger charge is -2.10. The molecule has 2 amide bonds. The van der Waals surface area contributed by atoms with Crippen LogP contribution < -0.4 is 15.4 Å². The summed E-state index contributed by atoms with van der Waals surface area (Å²) in [6.45, 7) is 2.74. The van der Waals surface area contributed by atoms with Crippen molar-refractivity contribution in [2.24, 2.45) is 0 Å². The van der Waals surface area contributed by atoms with Crippen molar-refractivity contribution < 1.29 is 9.53 Å². The molecule has 0 aliphatic carbocycles. The Kier molecular flexibility index (Phi) is 4.88. The highest BCUT2D eigenvalue weighted by Crippen LogP contribution is 2.18. The van der Waals surface area contributed by atoms with E-state index >= 15 is 0 Å². The summed E-state index contributed by atoms with van der Waals surface area (Å²) in [5.41, 5.74) is 1.02. The Morgan fingerprint density at radius 3 is 2.70 bits per heavy atom. The molecule has 0 unspecified atom stereocenters. The fourth-order valence-electron chi connectivity index (χ4n) is 1.55. The third-order valence-electron chi connectivity index (χ3n) is 2.45. The Hall–Kier alpha value is -2.63. The number of hydrogen-bond donors (Lipinski definition) is 2. The molecule has 0 bridgehead atoms. The van der Waals surface area contributed by atoms with Gasteiger partial charge in [0.1, 0.15) is 6.61 Å². The van der Waals surface area contributed by atoms with Crippen LogP contribution in [0.3, 0.4) is 0 Å². The molecule has 0 radical (unpaired) electrons. The first kappa shape index (κ1) is 13.8. The number of aromatic nitrogens is 2. The highest BCUT2D eigenvalue weighted by Gasteiger charge is 2.09. The SMILES string of the molecule is CCNC(=O)Nc1nccnc1OCc1ccccc1. The van der Waals surface area contributed by atoms with Gasteiger partial charge in [0, 0.05) is 18.9 Å². The lowest BCUT2D eigenvalue weighted by molar-refractivity contribution is 0.252. The highest BCUT2D eigenvalue weighted by molar-refractivity contribution is 5.89. The number of amides is 2. The third kappa shape index (κ3) is 3.94. The van der Waals surface area contributed by atoms with Crippen LogP contribution in [0.15, 0.2) is 42.7 Å². The molecular formula is C14H16N4O2. The van der Waals surface area contributed by atoms with Crippen LogP contribution >= 0.6 is 0 Å². The van der Waals surface area contributed by atoms with E-state index in [1.54, 1.807) is 0 Å². The van der Waals surface area contributed by atoms with Crippen molar-refractivity contribution in [2.45, 2.75) is 13.5 Å². The Balaban J connectivity index is 2.02. The molecule has 2 rings (SSSR count). The number of anilines is 1. The molecule has 0 aliphatic rings. The van der Waals surface area contributed by atoms with Crippen LogP contribution in [0, 0.1) is 0 Å². The topological polar surface area (TPSA) is 76.1 Å². The molecule has 0 fully saturated rings. The van der Waals surface area contributed by atoms with Crippen LogP contribution in [0.5, 0.6) is 5.88 Å². The predicted octanol–water partition coefficient (Wildman–Crippen LogP) is 2.20. The number of nitrogens with one attached hydrogen (secondary N) is 2. The highest BCUT2D eigenvalue weighted by atomic mass is 16.5. The van der Waals surface area contributed by atoms with Gasteiger partial charge in [0.15, 0.2) is 5.82 Å². The molecule has 6 heteroatoms. The molecule has 104 valence electrons. The Labute approximate surface area is 117 Å². The number of benzene rings is 1. The van der Waals surface area contributed by atoms with E-state index in [1.807, 2.05) is 37.3 Å². The summed E-state index contributed by atoms with van der Waals surface area (Å²) in [6.07, 6.45) is 3.01. The van der Waals surface area contributed by atoms with Crippen molar-refractivity contribution in [2.75, 3.05) is 11.9 Å². The fraction of sp³-hybridized carbons (Fsp3) is 0.214. The maximum absolute atomic E-state index is 11.5. The molecule has 2 aromatic rings. The maximum Gasteiger partial charge on any atom is 0.320 e. The van der Waals surface area contributed by atoms with Gasteiger partial charge >= 0.3 is 6.03 Å². The summed E-state index contributed by atoms with van der Waals surface area (Å²) in [7, 11) is 0. The molecule has 2 N–H and O–H groups in total. The van der Waals surface area contributed by atoms with Gasteiger partial charge in [0.2, 0.25) is 0 Å². The van der Waals surface area contributed by atoms with Crippen molar-refractivity contribution in [3.63, 3.8) is 0 Å². The number of hydrogen-bond acceptors (Lipinski definition) is 4. The normalized spacial score (nSPS) is 9.85. The van der Waals surface area contributed by atoms with Gasteiger partial charge in [0.05, 0.1) is 0 Å². The minimum absolute atomic E-state index is 0.294. The number of rotatable bonds is 5. The number of nitrogens with zero attached hydrogens (tertiary/aromatic N) is 2. The minimum atomic E-state index is -0.336. The Morgan fingerprint density at radius 2 is 1.95 bits per heavy atom. The molecule has 6 nitrogen and oxygen atoms in total. The van der Waals surface area contributed by atoms with Crippen molar-refractivity contribution in [1.29, 1.82) is 0 Å². The quantitative estimate of drug-likeness (QED) is 0.874. The largest absolute Gasteiger partial charge is 0.470 e. The van der Waals surface area contributed by atoms with E-state index in [4.69, 9.17) is 4.74 Å². The number of carbonyl (C=O) groups is 1. The lowest BCUT2D eigenvalue weighted by atomic mass is 10.2. The standard InChI is InChI=1S/C14H16N4O2/c1-2-15-14(19)18-12-13(17-9-8-16-12)20-10-11-6-4-3-5-7-11/h3-9H,2,10H2,1H3,(H2,15,16,18,19). The van der Waals surface area contributed by atoms with Gasteiger partial charge in [-0.2, -0.15) is 0 Å². The summed E-state index contributed by atoms with van der Waals surface area (Å²) in [6, 6.07) is 9.37. The second kappa shape index (κ2) is 7.08. The van der Waals surface area contributed by atoms with E-state index < -0.39 is 0 Å². The summed E-state index contributed by atoms with van der Waals surface area (Å²) in [5, 5.41) is 5.22. The van der Waals surface area contributed by atoms with Gasteiger partial charge in [-0.3, -0.25) is 5.32 Å². The first-order valence-corrected chi connectivity index (χ1v) is 6.32. The van der Waals surface area contributed by atoms with E-state index in [0.717, 1.165) is 5.56 Å². The first-order chi connectivity index (χ1) is 9.79. The van der Waals surface area contributed by atoms with Gasteiger partial charge in [0.25, 0.3) is 5.88 Å². The van der Waals surface area contributed by atoms with Crippen molar-refractivity contribution in [3.8, 4) is 5.88 Å². The summed E-state index contributed by atoms with van der Waals surface area (Å²) < 4.78 is 5.59.